The number of urea groups is 1. The van der Waals surface area contributed by atoms with Crippen molar-refractivity contribution < 1.29 is 33.9 Å². The highest BCUT2D eigenvalue weighted by Gasteiger charge is 2.27. The summed E-state index contributed by atoms with van der Waals surface area (Å²) in [5.41, 5.74) is 15.9. The molecule has 0 aromatic carbocycles. The van der Waals surface area contributed by atoms with Gasteiger partial charge < -0.3 is 42.6 Å². The molecule has 0 bridgehead atoms. The number of nitrogens with two attached hydrogens (primary N) is 3. The molecule has 0 aliphatic carbocycles. The van der Waals surface area contributed by atoms with E-state index < -0.39 is 48.4 Å². The van der Waals surface area contributed by atoms with Gasteiger partial charge in [0.1, 0.15) is 12.1 Å². The van der Waals surface area contributed by atoms with Crippen molar-refractivity contribution in [2.75, 3.05) is 6.61 Å². The van der Waals surface area contributed by atoms with Crippen molar-refractivity contribution in [2.45, 2.75) is 43.8 Å². The first-order valence-electron chi connectivity index (χ1n) is 8.20. The number of carboxylic acids is 1. The summed E-state index contributed by atoms with van der Waals surface area (Å²) in [4.78, 5) is 49.3. The summed E-state index contributed by atoms with van der Waals surface area (Å²) < 4.78 is 4.98. The Morgan fingerprint density at radius 1 is 1.11 bits per heavy atom. The Balaban J connectivity index is 2.85. The third-order valence-electron chi connectivity index (χ3n) is 3.52. The maximum absolute atomic E-state index is 12.1. The fourth-order valence-electron chi connectivity index (χ4n) is 2.11. The number of carboxylic acid groups (broad SMARTS) is 1. The van der Waals surface area contributed by atoms with Crippen molar-refractivity contribution >= 4 is 23.8 Å². The van der Waals surface area contributed by atoms with Gasteiger partial charge in [-0.25, -0.2) is 9.59 Å². The fourth-order valence-corrected chi connectivity index (χ4v) is 2.11. The summed E-state index contributed by atoms with van der Waals surface area (Å²) in [6, 6.07) is -4.23. The predicted octanol–water partition coefficient (Wildman–Crippen LogP) is -2.61. The normalized spacial score (nSPS) is 13.9. The molecule has 1 heterocycles. The number of nitrogens with one attached hydrogen (secondary N) is 2. The highest BCUT2D eigenvalue weighted by molar-refractivity contribution is 5.84. The predicted molar refractivity (Wildman–Crippen MR) is 91.0 cm³/mol. The minimum absolute atomic E-state index is 0.0469. The average molecular weight is 401 g/mol. The quantitative estimate of drug-likeness (QED) is 0.192. The lowest BCUT2D eigenvalue weighted by Gasteiger charge is -2.17. The van der Waals surface area contributed by atoms with Gasteiger partial charge in [-0.15, -0.1) is 0 Å². The third-order valence-corrected chi connectivity index (χ3v) is 3.52. The summed E-state index contributed by atoms with van der Waals surface area (Å²) in [6.07, 6.45) is -0.728. The molecule has 0 unspecified atom stereocenters. The maximum atomic E-state index is 12.1. The van der Waals surface area contributed by atoms with Gasteiger partial charge in [0.15, 0.2) is 5.82 Å². The van der Waals surface area contributed by atoms with E-state index in [1.165, 1.54) is 0 Å². The Hall–Kier alpha value is -3.26. The Labute approximate surface area is 158 Å². The van der Waals surface area contributed by atoms with Crippen LogP contribution in [0.3, 0.4) is 0 Å². The lowest BCUT2D eigenvalue weighted by Crippen LogP contribution is -2.47. The lowest BCUT2D eigenvalue weighted by atomic mass is 10.1. The maximum Gasteiger partial charge on any atom is 0.326 e. The van der Waals surface area contributed by atoms with Gasteiger partial charge in [0.2, 0.25) is 17.7 Å². The van der Waals surface area contributed by atoms with Crippen molar-refractivity contribution in [1.29, 1.82) is 0 Å². The molecule has 1 rings (SSSR count). The number of amides is 4. The Kier molecular flexibility index (Phi) is 8.77. The van der Waals surface area contributed by atoms with Gasteiger partial charge in [0, 0.05) is 13.0 Å². The molecule has 0 aliphatic rings. The molecule has 1 aromatic heterocycles. The highest BCUT2D eigenvalue weighted by atomic mass is 16.5. The summed E-state index contributed by atoms with van der Waals surface area (Å²) in [7, 11) is 0. The van der Waals surface area contributed by atoms with Gasteiger partial charge in [0.25, 0.3) is 0 Å². The Morgan fingerprint density at radius 3 is 2.32 bits per heavy atom. The second-order valence-electron chi connectivity index (χ2n) is 5.85. The van der Waals surface area contributed by atoms with Crippen LogP contribution in [0, 0.1) is 0 Å². The first-order valence-corrected chi connectivity index (χ1v) is 8.20. The zero-order valence-electron chi connectivity index (χ0n) is 14.8. The molecule has 156 valence electrons. The van der Waals surface area contributed by atoms with Crippen LogP contribution in [0.5, 0.6) is 0 Å². The fraction of sp³-hybridized carbons (Fsp3) is 0.571. The second kappa shape index (κ2) is 10.8. The molecular formula is C14H23N7O7. The van der Waals surface area contributed by atoms with Crippen LogP contribution in [0.4, 0.5) is 4.79 Å². The van der Waals surface area contributed by atoms with E-state index in [0.717, 1.165) is 0 Å². The molecule has 28 heavy (non-hydrogen) atoms. The molecule has 0 spiro atoms. The molecule has 14 heteroatoms. The van der Waals surface area contributed by atoms with Crippen LogP contribution in [-0.4, -0.2) is 56.8 Å². The van der Waals surface area contributed by atoms with Crippen LogP contribution in [0.15, 0.2) is 4.52 Å². The Morgan fingerprint density at radius 2 is 1.79 bits per heavy atom. The van der Waals surface area contributed by atoms with Crippen molar-refractivity contribution in [3.05, 3.63) is 11.7 Å². The van der Waals surface area contributed by atoms with Crippen LogP contribution in [0.2, 0.25) is 0 Å². The second-order valence-corrected chi connectivity index (χ2v) is 5.85. The molecule has 4 amide bonds. The van der Waals surface area contributed by atoms with E-state index in [1.54, 1.807) is 0 Å². The molecule has 1 aromatic rings. The van der Waals surface area contributed by atoms with Gasteiger partial charge in [-0.3, -0.25) is 9.59 Å². The molecule has 0 saturated heterocycles. The number of aromatic nitrogens is 2. The van der Waals surface area contributed by atoms with E-state index in [-0.39, 0.29) is 37.6 Å². The van der Waals surface area contributed by atoms with E-state index in [4.69, 9.17) is 31.9 Å². The highest BCUT2D eigenvalue weighted by Crippen LogP contribution is 2.18. The smallest absolute Gasteiger partial charge is 0.326 e. The monoisotopic (exact) mass is 401 g/mol. The third kappa shape index (κ3) is 7.55. The number of primary amides is 2. The van der Waals surface area contributed by atoms with Crippen molar-refractivity contribution in [2.24, 2.45) is 17.2 Å². The number of carbonyl (C=O) groups excluding carboxylic acids is 3. The number of hydrogen-bond donors (Lipinski definition) is 7. The average Bonchev–Trinajstić information content (AvgIpc) is 3.07. The number of hydrogen-bond acceptors (Lipinski definition) is 9. The van der Waals surface area contributed by atoms with Crippen molar-refractivity contribution in [3.63, 3.8) is 0 Å². The van der Waals surface area contributed by atoms with Gasteiger partial charge >= 0.3 is 12.0 Å². The molecule has 10 N–H and O–H groups in total. The molecule has 3 atom stereocenters. The van der Waals surface area contributed by atoms with Crippen molar-refractivity contribution in [1.82, 2.24) is 20.8 Å². The van der Waals surface area contributed by atoms with Crippen LogP contribution >= 0.6 is 0 Å². The summed E-state index contributed by atoms with van der Waals surface area (Å²) in [6.45, 7) is -0.210. The summed E-state index contributed by atoms with van der Waals surface area (Å²) in [5, 5.41) is 26.1. The van der Waals surface area contributed by atoms with E-state index in [1.807, 2.05) is 0 Å². The Bertz CT molecular complexity index is 708. The molecular weight excluding hydrogens is 378 g/mol. The van der Waals surface area contributed by atoms with E-state index in [0.29, 0.717) is 0 Å². The molecule has 0 aliphatic heterocycles. The number of carbonyl (C=O) groups is 4. The summed E-state index contributed by atoms with van der Waals surface area (Å²) in [5.74, 6) is -3.03. The number of aliphatic carboxylic acids is 1. The van der Waals surface area contributed by atoms with Gasteiger partial charge in [-0.1, -0.05) is 5.16 Å². The molecule has 0 radical (unpaired) electrons. The topological polar surface area (TPSA) is 250 Å². The molecule has 0 saturated carbocycles. The zero-order chi connectivity index (χ0) is 21.3. The van der Waals surface area contributed by atoms with Crippen LogP contribution in [-0.2, 0) is 14.4 Å². The van der Waals surface area contributed by atoms with E-state index >= 15 is 0 Å². The summed E-state index contributed by atoms with van der Waals surface area (Å²) >= 11 is 0. The number of aliphatic hydroxyl groups is 1. The molecule has 14 nitrogen and oxygen atoms in total. The van der Waals surface area contributed by atoms with Gasteiger partial charge in [-0.05, 0) is 12.8 Å². The number of rotatable bonds is 12. The lowest BCUT2D eigenvalue weighted by molar-refractivity contribution is -0.139. The standard InChI is InChI=1S/C14H23N7O7/c15-6(3-4-22)11-20-12(28-21-11)8(5-10(17)24)19-14(27)18-7(13(25)26)1-2-9(16)23/h6-8,22H,1-5,15H2,(H2,16,23)(H2,17,24)(H,25,26)(H2,18,19,27)/t6-,7-,8-/m0/s1. The van der Waals surface area contributed by atoms with Gasteiger partial charge in [-0.2, -0.15) is 4.98 Å². The minimum Gasteiger partial charge on any atom is -0.480 e. The van der Waals surface area contributed by atoms with E-state index in [9.17, 15) is 19.2 Å². The van der Waals surface area contributed by atoms with Crippen LogP contribution < -0.4 is 27.8 Å². The number of aliphatic hydroxyl groups excluding tert-OH is 1. The first kappa shape index (κ1) is 22.8. The van der Waals surface area contributed by atoms with Crippen LogP contribution in [0.25, 0.3) is 0 Å². The largest absolute Gasteiger partial charge is 0.480 e. The zero-order valence-corrected chi connectivity index (χ0v) is 14.8. The SMILES string of the molecule is NC(=O)CC[C@H](NC(=O)N[C@@H](CC(N)=O)c1nc([C@@H](N)CCO)no1)C(=O)O. The van der Waals surface area contributed by atoms with E-state index in [2.05, 4.69) is 20.8 Å². The number of nitrogens with zero attached hydrogens (tertiary/aromatic N) is 2. The molecule has 0 fully saturated rings. The first-order chi connectivity index (χ1) is 13.1. The minimum atomic E-state index is -1.39. The van der Waals surface area contributed by atoms with Gasteiger partial charge in [0.05, 0.1) is 12.5 Å². The van der Waals surface area contributed by atoms with Crippen molar-refractivity contribution in [3.8, 4) is 0 Å². The van der Waals surface area contributed by atoms with Crippen LogP contribution in [0.1, 0.15) is 49.5 Å².